The molecular formula is C14H21BrN2. The summed E-state index contributed by atoms with van der Waals surface area (Å²) in [4.78, 5) is 2.54. The van der Waals surface area contributed by atoms with Gasteiger partial charge in [0.05, 0.1) is 0 Å². The number of rotatable bonds is 2. The summed E-state index contributed by atoms with van der Waals surface area (Å²) in [5, 5.41) is 0. The monoisotopic (exact) mass is 296 g/mol. The fourth-order valence-electron chi connectivity index (χ4n) is 2.42. The molecule has 0 atom stereocenters. The van der Waals surface area contributed by atoms with Crippen LogP contribution in [-0.4, -0.2) is 18.0 Å². The summed E-state index contributed by atoms with van der Waals surface area (Å²) in [5.74, 6) is 0. The summed E-state index contributed by atoms with van der Waals surface area (Å²) < 4.78 is 1.06. The largest absolute Gasteiger partial charge is 0.398 e. The van der Waals surface area contributed by atoms with Crippen LogP contribution in [0.1, 0.15) is 37.7 Å². The van der Waals surface area contributed by atoms with Crippen molar-refractivity contribution in [1.29, 1.82) is 0 Å². The Labute approximate surface area is 112 Å². The Bertz CT molecular complexity index is 357. The van der Waals surface area contributed by atoms with Crippen molar-refractivity contribution in [3.05, 3.63) is 28.2 Å². The van der Waals surface area contributed by atoms with E-state index in [9.17, 15) is 0 Å². The predicted octanol–water partition coefficient (Wildman–Crippen LogP) is 3.80. The molecule has 0 amide bonds. The molecule has 2 rings (SSSR count). The number of anilines is 1. The van der Waals surface area contributed by atoms with E-state index >= 15 is 0 Å². The van der Waals surface area contributed by atoms with Gasteiger partial charge >= 0.3 is 0 Å². The Morgan fingerprint density at radius 3 is 2.35 bits per heavy atom. The molecule has 1 aromatic rings. The minimum atomic E-state index is 0.904. The lowest BCUT2D eigenvalue weighted by Gasteiger charge is -2.25. The fraction of sp³-hybridized carbons (Fsp3) is 0.571. The first kappa shape index (κ1) is 12.9. The SMILES string of the molecule is Nc1cc(Br)ccc1CN1CCCCCCC1. The number of nitrogens with two attached hydrogens (primary N) is 1. The fourth-order valence-corrected chi connectivity index (χ4v) is 2.80. The second-order valence-electron chi connectivity index (χ2n) is 4.89. The molecule has 1 aliphatic heterocycles. The van der Waals surface area contributed by atoms with Crippen LogP contribution in [0.15, 0.2) is 22.7 Å². The zero-order chi connectivity index (χ0) is 12.1. The first-order chi connectivity index (χ1) is 8.25. The number of nitrogens with zero attached hydrogens (tertiary/aromatic N) is 1. The highest BCUT2D eigenvalue weighted by atomic mass is 79.9. The molecule has 2 N–H and O–H groups in total. The summed E-state index contributed by atoms with van der Waals surface area (Å²) in [6, 6.07) is 6.22. The van der Waals surface area contributed by atoms with Crippen molar-refractivity contribution in [2.75, 3.05) is 18.8 Å². The van der Waals surface area contributed by atoms with Gasteiger partial charge in [-0.05, 0) is 43.6 Å². The van der Waals surface area contributed by atoms with Gasteiger partial charge in [0.1, 0.15) is 0 Å². The lowest BCUT2D eigenvalue weighted by atomic mass is 10.1. The van der Waals surface area contributed by atoms with E-state index in [-0.39, 0.29) is 0 Å². The van der Waals surface area contributed by atoms with E-state index in [1.165, 1.54) is 50.8 Å². The third-order valence-corrected chi connectivity index (χ3v) is 3.94. The van der Waals surface area contributed by atoms with Gasteiger partial charge < -0.3 is 5.73 Å². The average molecular weight is 297 g/mol. The van der Waals surface area contributed by atoms with Gasteiger partial charge in [0, 0.05) is 16.7 Å². The molecule has 0 unspecified atom stereocenters. The quantitative estimate of drug-likeness (QED) is 0.841. The molecule has 94 valence electrons. The van der Waals surface area contributed by atoms with Crippen LogP contribution in [-0.2, 0) is 6.54 Å². The molecule has 0 saturated carbocycles. The Hall–Kier alpha value is -0.540. The molecule has 0 radical (unpaired) electrons. The average Bonchev–Trinajstić information content (AvgIpc) is 2.25. The standard InChI is InChI=1S/C14H21BrN2/c15-13-7-6-12(14(16)10-13)11-17-8-4-2-1-3-5-9-17/h6-7,10H,1-5,8-9,11,16H2. The van der Waals surface area contributed by atoms with Crippen molar-refractivity contribution in [2.45, 2.75) is 38.6 Å². The van der Waals surface area contributed by atoms with Crippen molar-refractivity contribution < 1.29 is 0 Å². The molecule has 17 heavy (non-hydrogen) atoms. The van der Waals surface area contributed by atoms with Crippen LogP contribution in [0.3, 0.4) is 0 Å². The molecule has 0 bridgehead atoms. The minimum Gasteiger partial charge on any atom is -0.398 e. The first-order valence-electron chi connectivity index (χ1n) is 6.52. The first-order valence-corrected chi connectivity index (χ1v) is 7.31. The number of hydrogen-bond donors (Lipinski definition) is 1. The molecule has 0 aromatic heterocycles. The van der Waals surface area contributed by atoms with Gasteiger partial charge in [0.2, 0.25) is 0 Å². The van der Waals surface area contributed by atoms with E-state index < -0.39 is 0 Å². The topological polar surface area (TPSA) is 29.3 Å². The van der Waals surface area contributed by atoms with Gasteiger partial charge in [0.25, 0.3) is 0 Å². The zero-order valence-corrected chi connectivity index (χ0v) is 11.9. The second kappa shape index (κ2) is 6.41. The number of likely N-dealkylation sites (tertiary alicyclic amines) is 1. The zero-order valence-electron chi connectivity index (χ0n) is 10.3. The molecule has 1 saturated heterocycles. The highest BCUT2D eigenvalue weighted by Crippen LogP contribution is 2.21. The molecular weight excluding hydrogens is 276 g/mol. The number of nitrogen functional groups attached to an aromatic ring is 1. The Morgan fingerprint density at radius 2 is 1.71 bits per heavy atom. The number of halogens is 1. The van der Waals surface area contributed by atoms with Crippen LogP contribution in [0.25, 0.3) is 0 Å². The maximum atomic E-state index is 6.05. The summed E-state index contributed by atoms with van der Waals surface area (Å²) in [6.45, 7) is 3.43. The maximum Gasteiger partial charge on any atom is 0.0371 e. The lowest BCUT2D eigenvalue weighted by molar-refractivity contribution is 0.240. The van der Waals surface area contributed by atoms with Crippen LogP contribution >= 0.6 is 15.9 Å². The molecule has 1 aliphatic rings. The Morgan fingerprint density at radius 1 is 1.06 bits per heavy atom. The van der Waals surface area contributed by atoms with Crippen molar-refractivity contribution in [3.63, 3.8) is 0 Å². The molecule has 0 spiro atoms. The third kappa shape index (κ3) is 4.00. The van der Waals surface area contributed by atoms with Crippen LogP contribution in [0.5, 0.6) is 0 Å². The predicted molar refractivity (Wildman–Crippen MR) is 76.9 cm³/mol. The van der Waals surface area contributed by atoms with Gasteiger partial charge in [-0.2, -0.15) is 0 Å². The van der Waals surface area contributed by atoms with Gasteiger partial charge in [0.15, 0.2) is 0 Å². The summed E-state index contributed by atoms with van der Waals surface area (Å²) in [5.41, 5.74) is 8.21. The van der Waals surface area contributed by atoms with Crippen molar-refractivity contribution in [2.24, 2.45) is 0 Å². The third-order valence-electron chi connectivity index (χ3n) is 3.45. The number of hydrogen-bond acceptors (Lipinski definition) is 2. The Balaban J connectivity index is 1.98. The van der Waals surface area contributed by atoms with E-state index in [2.05, 4.69) is 33.0 Å². The van der Waals surface area contributed by atoms with E-state index in [1.807, 2.05) is 6.07 Å². The highest BCUT2D eigenvalue weighted by Gasteiger charge is 2.10. The maximum absolute atomic E-state index is 6.05. The van der Waals surface area contributed by atoms with Crippen molar-refractivity contribution >= 4 is 21.6 Å². The smallest absolute Gasteiger partial charge is 0.0371 e. The normalized spacial score (nSPS) is 18.6. The summed E-state index contributed by atoms with van der Waals surface area (Å²) in [7, 11) is 0. The molecule has 0 aliphatic carbocycles. The van der Waals surface area contributed by atoms with E-state index in [4.69, 9.17) is 5.73 Å². The van der Waals surface area contributed by atoms with Crippen LogP contribution in [0, 0.1) is 0 Å². The van der Waals surface area contributed by atoms with Crippen LogP contribution in [0.2, 0.25) is 0 Å². The van der Waals surface area contributed by atoms with Crippen molar-refractivity contribution in [1.82, 2.24) is 4.90 Å². The Kier molecular flexibility index (Phi) is 4.86. The van der Waals surface area contributed by atoms with Crippen LogP contribution in [0.4, 0.5) is 5.69 Å². The minimum absolute atomic E-state index is 0.904. The molecule has 1 aromatic carbocycles. The highest BCUT2D eigenvalue weighted by molar-refractivity contribution is 9.10. The second-order valence-corrected chi connectivity index (χ2v) is 5.80. The van der Waals surface area contributed by atoms with Gasteiger partial charge in [-0.1, -0.05) is 41.3 Å². The summed E-state index contributed by atoms with van der Waals surface area (Å²) in [6.07, 6.45) is 6.83. The van der Waals surface area contributed by atoms with Gasteiger partial charge in [-0.3, -0.25) is 4.90 Å². The molecule has 1 fully saturated rings. The molecule has 2 nitrogen and oxygen atoms in total. The van der Waals surface area contributed by atoms with E-state index in [0.29, 0.717) is 0 Å². The van der Waals surface area contributed by atoms with Gasteiger partial charge in [-0.15, -0.1) is 0 Å². The van der Waals surface area contributed by atoms with Crippen LogP contribution < -0.4 is 5.73 Å². The molecule has 1 heterocycles. The summed E-state index contributed by atoms with van der Waals surface area (Å²) >= 11 is 3.45. The molecule has 3 heteroatoms. The lowest BCUT2D eigenvalue weighted by Crippen LogP contribution is -2.27. The van der Waals surface area contributed by atoms with E-state index in [1.54, 1.807) is 0 Å². The van der Waals surface area contributed by atoms with E-state index in [0.717, 1.165) is 16.7 Å². The van der Waals surface area contributed by atoms with Gasteiger partial charge in [-0.25, -0.2) is 0 Å². The van der Waals surface area contributed by atoms with Crippen molar-refractivity contribution in [3.8, 4) is 0 Å². The number of benzene rings is 1.